The van der Waals surface area contributed by atoms with Crippen molar-refractivity contribution in [3.63, 3.8) is 0 Å². The highest BCUT2D eigenvalue weighted by Gasteiger charge is 2.62. The molecule has 36 heavy (non-hydrogen) atoms. The average molecular weight is 507 g/mol. The Morgan fingerprint density at radius 3 is 2.44 bits per heavy atom. The third-order valence-electron chi connectivity index (χ3n) is 6.88. The van der Waals surface area contributed by atoms with Crippen molar-refractivity contribution >= 4 is 14.0 Å². The SMILES string of the molecule is CC(C)C(C(=O)O)([PH](=O)O)C(O)(C#Cc1cnc2c(c1)CCc1ccccc1-2)Cc1ccc(F)cc1. The molecule has 0 radical (unpaired) electrons. The lowest BCUT2D eigenvalue weighted by Crippen LogP contribution is -2.60. The molecule has 1 aliphatic carbocycles. The van der Waals surface area contributed by atoms with Crippen LogP contribution in [0.1, 0.15) is 36.1 Å². The molecule has 1 aliphatic rings. The molecular weight excluding hydrogens is 480 g/mol. The molecule has 0 amide bonds. The van der Waals surface area contributed by atoms with Crippen LogP contribution in [0.4, 0.5) is 4.39 Å². The minimum absolute atomic E-state index is 0.378. The Morgan fingerprint density at radius 2 is 1.81 bits per heavy atom. The second kappa shape index (κ2) is 9.99. The second-order valence-electron chi connectivity index (χ2n) is 9.38. The van der Waals surface area contributed by atoms with Crippen molar-refractivity contribution in [3.05, 3.63) is 88.9 Å². The number of carbonyl (C=O) groups is 1. The molecule has 3 atom stereocenters. The molecule has 8 heteroatoms. The predicted molar refractivity (Wildman–Crippen MR) is 135 cm³/mol. The van der Waals surface area contributed by atoms with E-state index in [0.29, 0.717) is 11.1 Å². The first-order chi connectivity index (χ1) is 17.1. The number of aliphatic carboxylic acids is 1. The Hall–Kier alpha value is -3.30. The van der Waals surface area contributed by atoms with Crippen molar-refractivity contribution in [1.29, 1.82) is 0 Å². The maximum atomic E-state index is 13.5. The Bertz CT molecular complexity index is 1380. The Kier molecular flexibility index (Phi) is 7.15. The molecule has 1 heterocycles. The van der Waals surface area contributed by atoms with E-state index in [2.05, 4.69) is 22.9 Å². The number of rotatable bonds is 6. The number of halogens is 1. The minimum atomic E-state index is -3.86. The van der Waals surface area contributed by atoms with Gasteiger partial charge in [0.1, 0.15) is 5.82 Å². The monoisotopic (exact) mass is 507 g/mol. The van der Waals surface area contributed by atoms with Gasteiger partial charge in [-0.05, 0) is 53.6 Å². The van der Waals surface area contributed by atoms with Gasteiger partial charge in [0.25, 0.3) is 0 Å². The highest BCUT2D eigenvalue weighted by atomic mass is 31.1. The molecule has 0 fully saturated rings. The lowest BCUT2D eigenvalue weighted by atomic mass is 9.75. The van der Waals surface area contributed by atoms with Gasteiger partial charge in [-0.2, -0.15) is 0 Å². The van der Waals surface area contributed by atoms with Crippen molar-refractivity contribution in [2.45, 2.75) is 43.9 Å². The number of hydrogen-bond acceptors (Lipinski definition) is 4. The number of hydrogen-bond donors (Lipinski definition) is 3. The van der Waals surface area contributed by atoms with Gasteiger partial charge in [-0.15, -0.1) is 0 Å². The van der Waals surface area contributed by atoms with E-state index in [1.807, 2.05) is 24.3 Å². The third kappa shape index (κ3) is 4.49. The van der Waals surface area contributed by atoms with Crippen molar-refractivity contribution in [2.75, 3.05) is 0 Å². The van der Waals surface area contributed by atoms with E-state index in [1.54, 1.807) is 6.20 Å². The molecule has 0 spiro atoms. The maximum Gasteiger partial charge on any atom is 0.323 e. The molecule has 3 N–H and O–H groups in total. The summed E-state index contributed by atoms with van der Waals surface area (Å²) in [4.78, 5) is 27.3. The highest BCUT2D eigenvalue weighted by molar-refractivity contribution is 7.41. The van der Waals surface area contributed by atoms with Crippen LogP contribution in [0.3, 0.4) is 0 Å². The summed E-state index contributed by atoms with van der Waals surface area (Å²) < 4.78 is 26.1. The first-order valence-corrected chi connectivity index (χ1v) is 13.0. The van der Waals surface area contributed by atoms with Gasteiger partial charge in [0, 0.05) is 23.7 Å². The standard InChI is InChI=1S/C28H27FNO5P/c1-18(2)28(26(31)32,36(34)35)27(33,16-19-7-11-23(29)12-8-19)14-13-20-15-22-10-9-21-5-3-4-6-24(21)25(22)30-17-20/h3-8,11-12,15,17-18,33,36H,9-10,16H2,1-2H3,(H,31,32)(H,34,35). The predicted octanol–water partition coefficient (Wildman–Crippen LogP) is 4.26. The second-order valence-corrected chi connectivity index (χ2v) is 10.8. The van der Waals surface area contributed by atoms with Crippen LogP contribution in [0, 0.1) is 23.6 Å². The summed E-state index contributed by atoms with van der Waals surface area (Å²) in [5.41, 5.74) is 2.49. The number of carboxylic acids is 1. The zero-order valence-corrected chi connectivity index (χ0v) is 21.0. The number of fused-ring (bicyclic) bond motifs is 3. The fourth-order valence-corrected chi connectivity index (χ4v) is 6.20. The fourth-order valence-electron chi connectivity index (χ4n) is 5.02. The van der Waals surface area contributed by atoms with Gasteiger partial charge >= 0.3 is 5.97 Å². The summed E-state index contributed by atoms with van der Waals surface area (Å²) in [7, 11) is -3.86. The lowest BCUT2D eigenvalue weighted by Gasteiger charge is -2.41. The summed E-state index contributed by atoms with van der Waals surface area (Å²) in [5, 5.41) is 19.5. The molecule has 0 bridgehead atoms. The molecule has 0 saturated heterocycles. The largest absolute Gasteiger partial charge is 0.480 e. The van der Waals surface area contributed by atoms with Crippen molar-refractivity contribution in [3.8, 4) is 23.1 Å². The topological polar surface area (TPSA) is 108 Å². The third-order valence-corrected chi connectivity index (χ3v) is 8.76. The van der Waals surface area contributed by atoms with Gasteiger partial charge in [-0.25, -0.2) is 4.39 Å². The van der Waals surface area contributed by atoms with E-state index in [-0.39, 0.29) is 6.42 Å². The van der Waals surface area contributed by atoms with Gasteiger partial charge in [-0.1, -0.05) is 62.1 Å². The van der Waals surface area contributed by atoms with Crippen LogP contribution in [-0.4, -0.2) is 36.8 Å². The number of carboxylic acid groups (broad SMARTS) is 1. The summed E-state index contributed by atoms with van der Waals surface area (Å²) in [6.45, 7) is 2.92. The zero-order chi connectivity index (χ0) is 26.1. The molecule has 1 aromatic heterocycles. The van der Waals surface area contributed by atoms with E-state index in [4.69, 9.17) is 0 Å². The van der Waals surface area contributed by atoms with Gasteiger partial charge in [0.2, 0.25) is 8.03 Å². The minimum Gasteiger partial charge on any atom is -0.480 e. The van der Waals surface area contributed by atoms with E-state index in [1.165, 1.54) is 43.7 Å². The van der Waals surface area contributed by atoms with Crippen LogP contribution in [0.2, 0.25) is 0 Å². The maximum absolute atomic E-state index is 13.5. The number of aliphatic hydroxyl groups is 1. The summed E-state index contributed by atoms with van der Waals surface area (Å²) in [5.74, 6) is 2.41. The molecule has 4 rings (SSSR count). The first-order valence-electron chi connectivity index (χ1n) is 11.6. The normalized spacial score (nSPS) is 16.5. The first kappa shape index (κ1) is 25.8. The van der Waals surface area contributed by atoms with Crippen LogP contribution < -0.4 is 0 Å². The summed E-state index contributed by atoms with van der Waals surface area (Å²) in [6.07, 6.45) is 2.77. The van der Waals surface area contributed by atoms with Gasteiger partial charge in [0.05, 0.1) is 5.69 Å². The quantitative estimate of drug-likeness (QED) is 0.340. The number of aryl methyl sites for hydroxylation is 2. The smallest absolute Gasteiger partial charge is 0.323 e. The van der Waals surface area contributed by atoms with E-state index < -0.39 is 36.5 Å². The molecule has 186 valence electrons. The van der Waals surface area contributed by atoms with Crippen LogP contribution >= 0.6 is 8.03 Å². The molecule has 2 aromatic carbocycles. The van der Waals surface area contributed by atoms with Gasteiger partial charge < -0.3 is 15.1 Å². The Balaban J connectivity index is 1.82. The number of pyridine rings is 1. The van der Waals surface area contributed by atoms with E-state index in [9.17, 15) is 28.9 Å². The molecule has 3 aromatic rings. The van der Waals surface area contributed by atoms with Crippen LogP contribution in [-0.2, 0) is 28.6 Å². The van der Waals surface area contributed by atoms with Crippen LogP contribution in [0.5, 0.6) is 0 Å². The number of aromatic nitrogens is 1. The number of benzene rings is 2. The fraction of sp³-hybridized carbons (Fsp3) is 0.286. The van der Waals surface area contributed by atoms with Crippen molar-refractivity contribution in [1.82, 2.24) is 4.98 Å². The molecule has 0 saturated carbocycles. The van der Waals surface area contributed by atoms with Gasteiger partial charge in [-0.3, -0.25) is 14.3 Å². The van der Waals surface area contributed by atoms with Crippen molar-refractivity contribution in [2.24, 2.45) is 5.92 Å². The summed E-state index contributed by atoms with van der Waals surface area (Å²) >= 11 is 0. The molecule has 6 nitrogen and oxygen atoms in total. The molecular formula is C28H27FNO5P. The van der Waals surface area contributed by atoms with Crippen LogP contribution in [0.25, 0.3) is 11.3 Å². The van der Waals surface area contributed by atoms with E-state index >= 15 is 0 Å². The van der Waals surface area contributed by atoms with Crippen LogP contribution in [0.15, 0.2) is 60.8 Å². The highest BCUT2D eigenvalue weighted by Crippen LogP contribution is 2.50. The van der Waals surface area contributed by atoms with E-state index in [0.717, 1.165) is 29.7 Å². The lowest BCUT2D eigenvalue weighted by molar-refractivity contribution is -0.148. The van der Waals surface area contributed by atoms with Crippen molar-refractivity contribution < 1.29 is 28.9 Å². The molecule has 3 unspecified atom stereocenters. The summed E-state index contributed by atoms with van der Waals surface area (Å²) in [6, 6.07) is 15.0. The van der Waals surface area contributed by atoms with Gasteiger partial charge in [0.15, 0.2) is 10.8 Å². The number of nitrogens with zero attached hydrogens (tertiary/aromatic N) is 1. The Labute approximate surface area is 209 Å². The average Bonchev–Trinajstić information content (AvgIpc) is 2.83. The zero-order valence-electron chi connectivity index (χ0n) is 20.0. The Morgan fingerprint density at radius 1 is 1.14 bits per heavy atom. The molecule has 0 aliphatic heterocycles.